The number of hydrogen-bond donors (Lipinski definition) is 2. The van der Waals surface area contributed by atoms with Crippen molar-refractivity contribution in [3.05, 3.63) is 35.9 Å². The molecule has 0 saturated carbocycles. The second-order valence-electron chi connectivity index (χ2n) is 3.48. The highest BCUT2D eigenvalue weighted by molar-refractivity contribution is 7.99. The molecular weight excluding hydrogens is 281 g/mol. The molecule has 19 heavy (non-hydrogen) atoms. The highest BCUT2D eigenvalue weighted by Crippen LogP contribution is 2.13. The highest BCUT2D eigenvalue weighted by Gasteiger charge is 2.38. The quantitative estimate of drug-likeness (QED) is 0.829. The fourth-order valence-electron chi connectivity index (χ4n) is 1.07. The molecule has 0 aliphatic carbocycles. The van der Waals surface area contributed by atoms with E-state index in [1.165, 1.54) is 17.2 Å². The third-order valence-corrected chi connectivity index (χ3v) is 2.92. The average Bonchev–Trinajstić information content (AvgIpc) is 2.36. The minimum Gasteiger partial charge on any atom is -0.272 e. The Balaban J connectivity index is 2.20. The predicted octanol–water partition coefficient (Wildman–Crippen LogP) is 1.63. The van der Waals surface area contributed by atoms with Gasteiger partial charge in [-0.3, -0.25) is 20.4 Å². The summed E-state index contributed by atoms with van der Waals surface area (Å²) in [5.41, 5.74) is 3.99. The third kappa shape index (κ3) is 6.14. The van der Waals surface area contributed by atoms with E-state index in [2.05, 4.69) is 0 Å². The van der Waals surface area contributed by atoms with Gasteiger partial charge in [0.15, 0.2) is 0 Å². The minimum atomic E-state index is -5.01. The first kappa shape index (κ1) is 15.4. The van der Waals surface area contributed by atoms with Gasteiger partial charge in [-0.25, -0.2) is 0 Å². The number of thioether (sulfide) groups is 1. The summed E-state index contributed by atoms with van der Waals surface area (Å²) in [6.45, 7) is 0. The summed E-state index contributed by atoms with van der Waals surface area (Å²) >= 11 is 1.23. The van der Waals surface area contributed by atoms with E-state index in [-0.39, 0.29) is 5.75 Å². The molecule has 104 valence electrons. The lowest BCUT2D eigenvalue weighted by atomic mass is 10.2. The van der Waals surface area contributed by atoms with Crippen LogP contribution in [-0.2, 0) is 15.3 Å². The van der Waals surface area contributed by atoms with Crippen molar-refractivity contribution < 1.29 is 22.8 Å². The number of benzene rings is 1. The van der Waals surface area contributed by atoms with Crippen molar-refractivity contribution in [2.75, 3.05) is 5.75 Å². The number of carbonyl (C=O) groups is 2. The van der Waals surface area contributed by atoms with E-state index in [1.54, 1.807) is 5.43 Å². The SMILES string of the molecule is O=C(CSCc1ccccc1)NNC(=O)C(F)(F)F. The maximum atomic E-state index is 11.8. The predicted molar refractivity (Wildman–Crippen MR) is 64.9 cm³/mol. The smallest absolute Gasteiger partial charge is 0.272 e. The zero-order valence-corrected chi connectivity index (χ0v) is 10.5. The van der Waals surface area contributed by atoms with Gasteiger partial charge in [-0.2, -0.15) is 13.2 Å². The van der Waals surface area contributed by atoms with E-state index in [4.69, 9.17) is 0 Å². The Hall–Kier alpha value is -1.70. The molecule has 1 rings (SSSR count). The fourth-order valence-corrected chi connectivity index (χ4v) is 1.86. The van der Waals surface area contributed by atoms with Gasteiger partial charge in [0, 0.05) is 5.75 Å². The summed E-state index contributed by atoms with van der Waals surface area (Å²) in [6.07, 6.45) is -5.01. The summed E-state index contributed by atoms with van der Waals surface area (Å²) in [7, 11) is 0. The molecule has 2 amide bonds. The third-order valence-electron chi connectivity index (χ3n) is 1.92. The van der Waals surface area contributed by atoms with Crippen LogP contribution in [0.5, 0.6) is 0 Å². The topological polar surface area (TPSA) is 58.2 Å². The summed E-state index contributed by atoms with van der Waals surface area (Å²) < 4.78 is 35.4. The largest absolute Gasteiger partial charge is 0.472 e. The van der Waals surface area contributed by atoms with E-state index < -0.39 is 18.0 Å². The number of alkyl halides is 3. The Morgan fingerprint density at radius 2 is 1.74 bits per heavy atom. The first-order valence-corrected chi connectivity index (χ1v) is 6.33. The van der Waals surface area contributed by atoms with E-state index in [0.29, 0.717) is 5.75 Å². The molecule has 0 unspecified atom stereocenters. The van der Waals surface area contributed by atoms with Gasteiger partial charge in [-0.15, -0.1) is 11.8 Å². The Labute approximate surface area is 111 Å². The lowest BCUT2D eigenvalue weighted by molar-refractivity contribution is -0.175. The van der Waals surface area contributed by atoms with Gasteiger partial charge >= 0.3 is 12.1 Å². The van der Waals surface area contributed by atoms with Gasteiger partial charge in [0.25, 0.3) is 0 Å². The number of rotatable bonds is 4. The number of carbonyl (C=O) groups excluding carboxylic acids is 2. The number of hydrazine groups is 1. The molecule has 8 heteroatoms. The van der Waals surface area contributed by atoms with Crippen LogP contribution in [-0.4, -0.2) is 23.7 Å². The lowest BCUT2D eigenvalue weighted by Crippen LogP contribution is -2.48. The number of amides is 2. The molecule has 0 saturated heterocycles. The van der Waals surface area contributed by atoms with Crippen molar-refractivity contribution in [3.63, 3.8) is 0 Å². The monoisotopic (exact) mass is 292 g/mol. The molecule has 0 aromatic heterocycles. The standard InChI is InChI=1S/C11H11F3N2O2S/c12-11(13,14)10(18)16-15-9(17)7-19-6-8-4-2-1-3-5-8/h1-5H,6-7H2,(H,15,17)(H,16,18). The van der Waals surface area contributed by atoms with Crippen LogP contribution in [0.25, 0.3) is 0 Å². The maximum Gasteiger partial charge on any atom is 0.472 e. The van der Waals surface area contributed by atoms with E-state index >= 15 is 0 Å². The van der Waals surface area contributed by atoms with Crippen LogP contribution < -0.4 is 10.9 Å². The van der Waals surface area contributed by atoms with Crippen molar-refractivity contribution in [1.29, 1.82) is 0 Å². The first-order chi connectivity index (χ1) is 8.89. The normalized spacial score (nSPS) is 10.9. The molecule has 0 atom stereocenters. The molecule has 2 N–H and O–H groups in total. The minimum absolute atomic E-state index is 0.0486. The van der Waals surface area contributed by atoms with Gasteiger partial charge in [0.05, 0.1) is 5.75 Å². The Kier molecular flexibility index (Phi) is 5.68. The van der Waals surface area contributed by atoms with Crippen molar-refractivity contribution in [2.24, 2.45) is 0 Å². The summed E-state index contributed by atoms with van der Waals surface area (Å²) in [6, 6.07) is 9.29. The molecule has 0 spiro atoms. The first-order valence-electron chi connectivity index (χ1n) is 5.17. The van der Waals surface area contributed by atoms with Crippen LogP contribution in [0.1, 0.15) is 5.56 Å². The van der Waals surface area contributed by atoms with Crippen LogP contribution in [0.2, 0.25) is 0 Å². The van der Waals surface area contributed by atoms with Gasteiger partial charge in [-0.05, 0) is 5.56 Å². The second kappa shape index (κ2) is 7.03. The molecular formula is C11H11F3N2O2S. The van der Waals surface area contributed by atoms with Crippen molar-refractivity contribution in [2.45, 2.75) is 11.9 Å². The van der Waals surface area contributed by atoms with E-state index in [0.717, 1.165) is 5.56 Å². The van der Waals surface area contributed by atoms with Gasteiger partial charge in [0.2, 0.25) is 5.91 Å². The molecule has 1 aromatic carbocycles. The number of nitrogens with one attached hydrogen (secondary N) is 2. The molecule has 4 nitrogen and oxygen atoms in total. The van der Waals surface area contributed by atoms with Crippen molar-refractivity contribution in [1.82, 2.24) is 10.9 Å². The fraction of sp³-hybridized carbons (Fsp3) is 0.273. The summed E-state index contributed by atoms with van der Waals surface area (Å²) in [4.78, 5) is 21.6. The molecule has 0 heterocycles. The zero-order valence-electron chi connectivity index (χ0n) is 9.66. The van der Waals surface area contributed by atoms with Gasteiger partial charge in [-0.1, -0.05) is 30.3 Å². The highest BCUT2D eigenvalue weighted by atomic mass is 32.2. The second-order valence-corrected chi connectivity index (χ2v) is 4.46. The summed E-state index contributed by atoms with van der Waals surface area (Å²) in [5.74, 6) is -2.39. The van der Waals surface area contributed by atoms with Crippen molar-refractivity contribution in [3.8, 4) is 0 Å². The Bertz CT molecular complexity index is 437. The number of halogens is 3. The van der Waals surface area contributed by atoms with Crippen LogP contribution in [0.4, 0.5) is 13.2 Å². The maximum absolute atomic E-state index is 11.8. The molecule has 0 radical (unpaired) electrons. The average molecular weight is 292 g/mol. The van der Waals surface area contributed by atoms with Crippen LogP contribution >= 0.6 is 11.8 Å². The van der Waals surface area contributed by atoms with E-state index in [1.807, 2.05) is 30.3 Å². The zero-order chi connectivity index (χ0) is 14.3. The summed E-state index contributed by atoms with van der Waals surface area (Å²) in [5, 5.41) is 0. The molecule has 1 aromatic rings. The Morgan fingerprint density at radius 3 is 2.32 bits per heavy atom. The molecule has 0 aliphatic rings. The van der Waals surface area contributed by atoms with Crippen LogP contribution in [0.15, 0.2) is 30.3 Å². The Morgan fingerprint density at radius 1 is 1.11 bits per heavy atom. The van der Waals surface area contributed by atoms with E-state index in [9.17, 15) is 22.8 Å². The van der Waals surface area contributed by atoms with Gasteiger partial charge < -0.3 is 0 Å². The van der Waals surface area contributed by atoms with Crippen molar-refractivity contribution >= 4 is 23.6 Å². The van der Waals surface area contributed by atoms with Crippen LogP contribution in [0.3, 0.4) is 0 Å². The number of hydrogen-bond acceptors (Lipinski definition) is 3. The molecule has 0 aliphatic heterocycles. The van der Waals surface area contributed by atoms with Gasteiger partial charge in [0.1, 0.15) is 0 Å². The lowest BCUT2D eigenvalue weighted by Gasteiger charge is -2.09. The van der Waals surface area contributed by atoms with Crippen LogP contribution in [0, 0.1) is 0 Å². The molecule has 0 bridgehead atoms. The molecule has 0 fully saturated rings.